The fraction of sp³-hybridized carbons (Fsp3) is 0.300. The van der Waals surface area contributed by atoms with Crippen molar-refractivity contribution < 1.29 is 19.1 Å². The first-order valence-corrected chi connectivity index (χ1v) is 8.28. The van der Waals surface area contributed by atoms with Gasteiger partial charge in [0.05, 0.1) is 18.8 Å². The van der Waals surface area contributed by atoms with E-state index in [1.165, 1.54) is 10.5 Å². The van der Waals surface area contributed by atoms with Crippen molar-refractivity contribution in [3.05, 3.63) is 65.7 Å². The number of hydrogen-bond acceptors (Lipinski definition) is 4. The summed E-state index contributed by atoms with van der Waals surface area (Å²) in [6, 6.07) is 17.1. The van der Waals surface area contributed by atoms with Gasteiger partial charge in [-0.3, -0.25) is 9.59 Å². The third-order valence-corrected chi connectivity index (χ3v) is 3.63. The number of likely N-dealkylation sites (N-methyl/N-ethyl adjacent to an activating group) is 1. The molecule has 0 spiro atoms. The van der Waals surface area contributed by atoms with Gasteiger partial charge in [0.15, 0.2) is 0 Å². The number of carbonyl (C=O) groups excluding carboxylic acids is 2. The molecule has 0 radical (unpaired) electrons. The van der Waals surface area contributed by atoms with Gasteiger partial charge in [-0.05, 0) is 24.6 Å². The maximum absolute atomic E-state index is 12.6. The van der Waals surface area contributed by atoms with Crippen LogP contribution in [0.5, 0.6) is 5.75 Å². The number of ether oxygens (including phenoxy) is 2. The molecule has 0 N–H and O–H groups in total. The van der Waals surface area contributed by atoms with Gasteiger partial charge in [-0.1, -0.05) is 42.5 Å². The van der Waals surface area contributed by atoms with Gasteiger partial charge in [0.2, 0.25) is 0 Å². The van der Waals surface area contributed by atoms with Crippen molar-refractivity contribution >= 4 is 11.9 Å². The highest BCUT2D eigenvalue weighted by Crippen LogP contribution is 2.20. The van der Waals surface area contributed by atoms with Gasteiger partial charge in [-0.15, -0.1) is 0 Å². The van der Waals surface area contributed by atoms with Crippen LogP contribution in [0, 0.1) is 0 Å². The summed E-state index contributed by atoms with van der Waals surface area (Å²) in [5, 5.41) is 0. The van der Waals surface area contributed by atoms with Gasteiger partial charge in [0.25, 0.3) is 5.91 Å². The van der Waals surface area contributed by atoms with Gasteiger partial charge in [0.1, 0.15) is 12.3 Å². The van der Waals surface area contributed by atoms with Crippen LogP contribution < -0.4 is 4.74 Å². The Labute approximate surface area is 148 Å². The van der Waals surface area contributed by atoms with Crippen molar-refractivity contribution in [3.63, 3.8) is 0 Å². The minimum Gasteiger partial charge on any atom is -0.492 e. The normalized spacial score (nSPS) is 10.2. The molecule has 0 atom stereocenters. The molecular formula is C20H23NO4. The number of rotatable bonds is 8. The SMILES string of the molecule is CCOC(=O)CN(C)C(=O)c1ccccc1OCCc1ccccc1. The molecule has 0 aliphatic carbocycles. The van der Waals surface area contributed by atoms with Crippen LogP contribution in [-0.4, -0.2) is 43.6 Å². The second-order valence-corrected chi connectivity index (χ2v) is 5.55. The second-order valence-electron chi connectivity index (χ2n) is 5.55. The number of hydrogen-bond donors (Lipinski definition) is 0. The molecular weight excluding hydrogens is 318 g/mol. The van der Waals surface area contributed by atoms with Gasteiger partial charge < -0.3 is 14.4 Å². The largest absolute Gasteiger partial charge is 0.492 e. The average Bonchev–Trinajstić information content (AvgIpc) is 2.62. The van der Waals surface area contributed by atoms with E-state index in [-0.39, 0.29) is 12.5 Å². The summed E-state index contributed by atoms with van der Waals surface area (Å²) in [6.45, 7) is 2.40. The van der Waals surface area contributed by atoms with Gasteiger partial charge in [0, 0.05) is 13.5 Å². The van der Waals surface area contributed by atoms with Gasteiger partial charge in [-0.2, -0.15) is 0 Å². The second kappa shape index (κ2) is 9.47. The summed E-state index contributed by atoms with van der Waals surface area (Å²) in [6.07, 6.45) is 0.752. The molecule has 0 heterocycles. The number of amides is 1. The van der Waals surface area contributed by atoms with E-state index in [4.69, 9.17) is 9.47 Å². The average molecular weight is 341 g/mol. The zero-order chi connectivity index (χ0) is 18.1. The number of benzene rings is 2. The van der Waals surface area contributed by atoms with Crippen molar-refractivity contribution in [1.29, 1.82) is 0 Å². The standard InChI is InChI=1S/C20H23NO4/c1-3-24-19(22)15-21(2)20(23)17-11-7-8-12-18(17)25-14-13-16-9-5-4-6-10-16/h4-12H,3,13-15H2,1-2H3. The lowest BCUT2D eigenvalue weighted by atomic mass is 10.1. The Morgan fingerprint density at radius 3 is 2.40 bits per heavy atom. The lowest BCUT2D eigenvalue weighted by Crippen LogP contribution is -2.33. The number of esters is 1. The van der Waals surface area contributed by atoms with Crippen molar-refractivity contribution in [2.24, 2.45) is 0 Å². The molecule has 2 aromatic rings. The third kappa shape index (κ3) is 5.64. The van der Waals surface area contributed by atoms with Crippen molar-refractivity contribution in [1.82, 2.24) is 4.90 Å². The molecule has 2 aromatic carbocycles. The highest BCUT2D eigenvalue weighted by molar-refractivity contribution is 5.98. The first kappa shape index (κ1) is 18.5. The highest BCUT2D eigenvalue weighted by Gasteiger charge is 2.19. The van der Waals surface area contributed by atoms with Crippen molar-refractivity contribution in [2.75, 3.05) is 26.8 Å². The molecule has 0 fully saturated rings. The van der Waals surface area contributed by atoms with E-state index in [0.29, 0.717) is 24.5 Å². The fourth-order valence-electron chi connectivity index (χ4n) is 2.37. The topological polar surface area (TPSA) is 55.8 Å². The molecule has 1 amide bonds. The predicted molar refractivity (Wildman–Crippen MR) is 95.7 cm³/mol. The first-order chi connectivity index (χ1) is 12.1. The molecule has 0 saturated carbocycles. The van der Waals surface area contributed by atoms with Crippen molar-refractivity contribution in [2.45, 2.75) is 13.3 Å². The minimum atomic E-state index is -0.430. The van der Waals surface area contributed by atoms with E-state index in [1.807, 2.05) is 36.4 Å². The highest BCUT2D eigenvalue weighted by atomic mass is 16.5. The van der Waals surface area contributed by atoms with Crippen LogP contribution in [0.3, 0.4) is 0 Å². The molecule has 2 rings (SSSR count). The zero-order valence-electron chi connectivity index (χ0n) is 14.6. The summed E-state index contributed by atoms with van der Waals surface area (Å²) in [4.78, 5) is 25.5. The maximum atomic E-state index is 12.6. The summed E-state index contributed by atoms with van der Waals surface area (Å²) < 4.78 is 10.7. The Hall–Kier alpha value is -2.82. The molecule has 0 saturated heterocycles. The molecule has 25 heavy (non-hydrogen) atoms. The summed E-state index contributed by atoms with van der Waals surface area (Å²) >= 11 is 0. The maximum Gasteiger partial charge on any atom is 0.325 e. The minimum absolute atomic E-state index is 0.0922. The summed E-state index contributed by atoms with van der Waals surface area (Å²) in [5.41, 5.74) is 1.60. The Kier molecular flexibility index (Phi) is 7.01. The van der Waals surface area contributed by atoms with E-state index in [9.17, 15) is 9.59 Å². The summed E-state index contributed by atoms with van der Waals surface area (Å²) in [7, 11) is 1.57. The van der Waals surface area contributed by atoms with Gasteiger partial charge >= 0.3 is 5.97 Å². The summed E-state index contributed by atoms with van der Waals surface area (Å²) in [5.74, 6) is -0.191. The van der Waals surface area contributed by atoms with Crippen LogP contribution >= 0.6 is 0 Å². The lowest BCUT2D eigenvalue weighted by molar-refractivity contribution is -0.143. The molecule has 0 aliphatic rings. The molecule has 0 aromatic heterocycles. The smallest absolute Gasteiger partial charge is 0.325 e. The molecule has 132 valence electrons. The van der Waals surface area contributed by atoms with E-state index >= 15 is 0 Å². The van der Waals surface area contributed by atoms with Gasteiger partial charge in [-0.25, -0.2) is 0 Å². The molecule has 5 heteroatoms. The third-order valence-electron chi connectivity index (χ3n) is 3.63. The Morgan fingerprint density at radius 1 is 1.00 bits per heavy atom. The quantitative estimate of drug-likeness (QED) is 0.693. The Morgan fingerprint density at radius 2 is 1.68 bits per heavy atom. The van der Waals surface area contributed by atoms with Crippen LogP contribution in [0.25, 0.3) is 0 Å². The van der Waals surface area contributed by atoms with E-state index in [1.54, 1.807) is 32.2 Å². The Bertz CT molecular complexity index is 700. The van der Waals surface area contributed by atoms with Crippen LogP contribution in [-0.2, 0) is 16.0 Å². The molecule has 0 unspecified atom stereocenters. The fourth-order valence-corrected chi connectivity index (χ4v) is 2.37. The number of carbonyl (C=O) groups is 2. The van der Waals surface area contributed by atoms with Crippen LogP contribution in [0.4, 0.5) is 0 Å². The monoisotopic (exact) mass is 341 g/mol. The zero-order valence-corrected chi connectivity index (χ0v) is 14.6. The molecule has 0 bridgehead atoms. The molecule has 0 aliphatic heterocycles. The van der Waals surface area contributed by atoms with E-state index < -0.39 is 5.97 Å². The number of nitrogens with zero attached hydrogens (tertiary/aromatic N) is 1. The van der Waals surface area contributed by atoms with Crippen LogP contribution in [0.15, 0.2) is 54.6 Å². The van der Waals surface area contributed by atoms with E-state index in [2.05, 4.69) is 0 Å². The first-order valence-electron chi connectivity index (χ1n) is 8.28. The van der Waals surface area contributed by atoms with E-state index in [0.717, 1.165) is 6.42 Å². The Balaban J connectivity index is 1.99. The molecule has 5 nitrogen and oxygen atoms in total. The lowest BCUT2D eigenvalue weighted by Gasteiger charge is -2.18. The number of para-hydroxylation sites is 1. The predicted octanol–water partition coefficient (Wildman–Crippen LogP) is 2.94. The van der Waals surface area contributed by atoms with Crippen LogP contribution in [0.1, 0.15) is 22.8 Å². The van der Waals surface area contributed by atoms with Crippen molar-refractivity contribution in [3.8, 4) is 5.75 Å². The van der Waals surface area contributed by atoms with Crippen LogP contribution in [0.2, 0.25) is 0 Å².